The summed E-state index contributed by atoms with van der Waals surface area (Å²) in [5.41, 5.74) is 1.31. The van der Waals surface area contributed by atoms with Crippen LogP contribution >= 0.6 is 0 Å². The third-order valence-electron chi connectivity index (χ3n) is 7.58. The number of imide groups is 1. The van der Waals surface area contributed by atoms with Crippen molar-refractivity contribution >= 4 is 54.9 Å². The molecule has 34 heavy (non-hydrogen) atoms. The summed E-state index contributed by atoms with van der Waals surface area (Å²) in [4.78, 5) is 28.5. The summed E-state index contributed by atoms with van der Waals surface area (Å²) in [5.74, 6) is -0.298. The van der Waals surface area contributed by atoms with Crippen LogP contribution < -0.4 is 0 Å². The van der Waals surface area contributed by atoms with E-state index in [-0.39, 0.29) is 11.8 Å². The van der Waals surface area contributed by atoms with Gasteiger partial charge in [0.25, 0.3) is 11.8 Å². The molecule has 6 rings (SSSR count). The maximum Gasteiger partial charge on any atom is 0.261 e. The largest absolute Gasteiger partial charge is 0.274 e. The molecule has 0 aliphatic carbocycles. The molecule has 0 spiro atoms. The summed E-state index contributed by atoms with van der Waals surface area (Å²) in [6, 6.07) is 20.8. The summed E-state index contributed by atoms with van der Waals surface area (Å²) < 4.78 is 0. The van der Waals surface area contributed by atoms with E-state index in [1.807, 2.05) is 12.1 Å². The van der Waals surface area contributed by atoms with Crippen LogP contribution in [0.2, 0.25) is 0 Å². The zero-order valence-electron chi connectivity index (χ0n) is 19.7. The molecular weight excluding hydrogens is 418 g/mol. The molecule has 0 N–H and O–H groups in total. The highest BCUT2D eigenvalue weighted by Gasteiger charge is 2.33. The zero-order chi connectivity index (χ0) is 23.2. The molecule has 5 aromatic carbocycles. The van der Waals surface area contributed by atoms with Crippen molar-refractivity contribution in [3.8, 4) is 0 Å². The Morgan fingerprint density at radius 1 is 0.559 bits per heavy atom. The fraction of sp³-hybridized carbons (Fsp3) is 0.290. The van der Waals surface area contributed by atoms with Crippen LogP contribution in [0, 0.1) is 0 Å². The topological polar surface area (TPSA) is 37.4 Å². The van der Waals surface area contributed by atoms with Gasteiger partial charge < -0.3 is 0 Å². The SMILES string of the molecule is CCCCCCCCCN1C(=O)c2ccc3c4cccc5cccc(c6ccc(c2c36)C1=O)c54. The molecule has 2 amide bonds. The van der Waals surface area contributed by atoms with E-state index in [9.17, 15) is 9.59 Å². The number of carbonyl (C=O) groups is 2. The summed E-state index contributed by atoms with van der Waals surface area (Å²) in [6.07, 6.45) is 8.13. The lowest BCUT2D eigenvalue weighted by molar-refractivity contribution is 0.0608. The predicted octanol–water partition coefficient (Wildman–Crippen LogP) is 8.08. The lowest BCUT2D eigenvalue weighted by Gasteiger charge is -2.28. The number of hydrogen-bond acceptors (Lipinski definition) is 2. The number of unbranched alkanes of at least 4 members (excludes halogenated alkanes) is 6. The lowest BCUT2D eigenvalue weighted by atomic mass is 9.85. The Kier molecular flexibility index (Phi) is 5.21. The summed E-state index contributed by atoms with van der Waals surface area (Å²) >= 11 is 0. The smallest absolute Gasteiger partial charge is 0.261 e. The predicted molar refractivity (Wildman–Crippen MR) is 141 cm³/mol. The van der Waals surface area contributed by atoms with Gasteiger partial charge in [0, 0.05) is 23.1 Å². The van der Waals surface area contributed by atoms with Gasteiger partial charge >= 0.3 is 0 Å². The molecule has 1 heterocycles. The molecule has 0 unspecified atom stereocenters. The van der Waals surface area contributed by atoms with Crippen LogP contribution in [-0.4, -0.2) is 23.3 Å². The number of nitrogens with zero attached hydrogens (tertiary/aromatic N) is 1. The van der Waals surface area contributed by atoms with Crippen LogP contribution in [0.3, 0.4) is 0 Å². The van der Waals surface area contributed by atoms with Gasteiger partial charge in [0.15, 0.2) is 0 Å². The Morgan fingerprint density at radius 3 is 1.68 bits per heavy atom. The number of fused-ring (bicyclic) bond motifs is 2. The molecular formula is C31H29NO2. The molecule has 3 heteroatoms. The Balaban J connectivity index is 1.42. The Hall–Kier alpha value is -3.46. The first kappa shape index (κ1) is 21.1. The number of rotatable bonds is 8. The molecule has 170 valence electrons. The van der Waals surface area contributed by atoms with Crippen molar-refractivity contribution in [2.75, 3.05) is 6.54 Å². The van der Waals surface area contributed by atoms with Gasteiger partial charge in [0.2, 0.25) is 0 Å². The molecule has 0 atom stereocenters. The molecule has 0 aromatic heterocycles. The maximum atomic E-state index is 13.5. The minimum Gasteiger partial charge on any atom is -0.274 e. The van der Waals surface area contributed by atoms with Crippen molar-refractivity contribution in [1.29, 1.82) is 0 Å². The van der Waals surface area contributed by atoms with E-state index >= 15 is 0 Å². The average Bonchev–Trinajstić information content (AvgIpc) is 2.87. The number of benzene rings is 5. The van der Waals surface area contributed by atoms with Crippen molar-refractivity contribution in [3.05, 3.63) is 71.8 Å². The third-order valence-corrected chi connectivity index (χ3v) is 7.58. The molecule has 0 saturated heterocycles. The molecule has 1 aliphatic heterocycles. The Labute approximate surface area is 199 Å². The van der Waals surface area contributed by atoms with Crippen molar-refractivity contribution in [1.82, 2.24) is 4.90 Å². The van der Waals surface area contributed by atoms with Crippen molar-refractivity contribution < 1.29 is 9.59 Å². The van der Waals surface area contributed by atoms with Gasteiger partial charge in [-0.15, -0.1) is 0 Å². The van der Waals surface area contributed by atoms with Gasteiger partial charge in [-0.1, -0.05) is 94.0 Å². The van der Waals surface area contributed by atoms with E-state index in [2.05, 4.69) is 55.5 Å². The van der Waals surface area contributed by atoms with Crippen molar-refractivity contribution in [2.24, 2.45) is 0 Å². The number of carbonyl (C=O) groups excluding carboxylic acids is 2. The Bertz CT molecular complexity index is 1460. The van der Waals surface area contributed by atoms with E-state index in [1.54, 1.807) is 0 Å². The van der Waals surface area contributed by atoms with Gasteiger partial charge in [-0.2, -0.15) is 0 Å². The van der Waals surface area contributed by atoms with Crippen molar-refractivity contribution in [2.45, 2.75) is 51.9 Å². The molecule has 0 saturated carbocycles. The van der Waals surface area contributed by atoms with Gasteiger partial charge in [-0.3, -0.25) is 14.5 Å². The molecule has 0 radical (unpaired) electrons. The average molecular weight is 448 g/mol. The highest BCUT2D eigenvalue weighted by Crippen LogP contribution is 2.43. The van der Waals surface area contributed by atoms with E-state index in [4.69, 9.17) is 0 Å². The van der Waals surface area contributed by atoms with Gasteiger partial charge in [-0.25, -0.2) is 0 Å². The normalized spacial score (nSPS) is 13.9. The minimum atomic E-state index is -0.149. The van der Waals surface area contributed by atoms with Crippen LogP contribution in [0.15, 0.2) is 60.7 Å². The zero-order valence-corrected chi connectivity index (χ0v) is 19.7. The minimum absolute atomic E-state index is 0.149. The summed E-state index contributed by atoms with van der Waals surface area (Å²) in [6.45, 7) is 2.72. The maximum absolute atomic E-state index is 13.5. The summed E-state index contributed by atoms with van der Waals surface area (Å²) in [5, 5.41) is 8.90. The fourth-order valence-electron chi connectivity index (χ4n) is 5.90. The van der Waals surface area contributed by atoms with E-state index in [1.165, 1.54) is 58.5 Å². The monoisotopic (exact) mass is 447 g/mol. The van der Waals surface area contributed by atoms with Gasteiger partial charge in [0.05, 0.1) is 0 Å². The first-order chi connectivity index (χ1) is 16.7. The summed E-state index contributed by atoms with van der Waals surface area (Å²) in [7, 11) is 0. The molecule has 5 aromatic rings. The van der Waals surface area contributed by atoms with E-state index in [0.717, 1.165) is 34.4 Å². The second kappa shape index (κ2) is 8.39. The fourth-order valence-corrected chi connectivity index (χ4v) is 5.90. The number of amides is 2. The Morgan fingerprint density at radius 2 is 1.09 bits per heavy atom. The molecule has 1 aliphatic rings. The highest BCUT2D eigenvalue weighted by atomic mass is 16.2. The second-order valence-electron chi connectivity index (χ2n) is 9.66. The van der Waals surface area contributed by atoms with E-state index in [0.29, 0.717) is 17.7 Å². The first-order valence-electron chi connectivity index (χ1n) is 12.7. The quantitative estimate of drug-likeness (QED) is 0.104. The highest BCUT2D eigenvalue weighted by molar-refractivity contribution is 6.38. The standard InChI is InChI=1S/C31H29NO2/c1-2-3-4-5-6-7-8-19-32-30(33)25-17-15-23-21-13-9-11-20-12-10-14-22(27(20)21)24-16-18-26(31(32)34)29(25)28(23)24/h9-18H,2-8,19H2,1H3. The van der Waals surface area contributed by atoms with Crippen molar-refractivity contribution in [3.63, 3.8) is 0 Å². The van der Waals surface area contributed by atoms with Gasteiger partial charge in [-0.05, 0) is 56.3 Å². The molecule has 3 nitrogen and oxygen atoms in total. The first-order valence-corrected chi connectivity index (χ1v) is 12.7. The van der Waals surface area contributed by atoms with Crippen LogP contribution in [0.1, 0.15) is 72.6 Å². The van der Waals surface area contributed by atoms with Crippen LogP contribution in [-0.2, 0) is 0 Å². The molecule has 0 bridgehead atoms. The molecule has 0 fully saturated rings. The van der Waals surface area contributed by atoms with Crippen LogP contribution in [0.25, 0.3) is 43.1 Å². The van der Waals surface area contributed by atoms with Gasteiger partial charge in [0.1, 0.15) is 0 Å². The third kappa shape index (κ3) is 3.10. The number of hydrogen-bond donors (Lipinski definition) is 0. The van der Waals surface area contributed by atoms with E-state index < -0.39 is 0 Å². The lowest BCUT2D eigenvalue weighted by Crippen LogP contribution is -2.40. The van der Waals surface area contributed by atoms with Crippen LogP contribution in [0.5, 0.6) is 0 Å². The second-order valence-corrected chi connectivity index (χ2v) is 9.66. The van der Waals surface area contributed by atoms with Crippen LogP contribution in [0.4, 0.5) is 0 Å².